The molecule has 6 heteroatoms. The van der Waals surface area contributed by atoms with Crippen LogP contribution in [0.2, 0.25) is 0 Å². The second kappa shape index (κ2) is 10.7. The van der Waals surface area contributed by atoms with Crippen molar-refractivity contribution in [1.29, 1.82) is 0 Å². The lowest BCUT2D eigenvalue weighted by Crippen LogP contribution is -1.98. The maximum atomic E-state index is 10.9. The number of nitrogens with zero attached hydrogens (tertiary/aromatic N) is 4. The van der Waals surface area contributed by atoms with Crippen molar-refractivity contribution in [2.45, 2.75) is 13.8 Å². The fourth-order valence-corrected chi connectivity index (χ4v) is 6.90. The van der Waals surface area contributed by atoms with Crippen molar-refractivity contribution in [1.82, 2.24) is 9.13 Å². The van der Waals surface area contributed by atoms with Gasteiger partial charge in [-0.15, -0.1) is 0 Å². The van der Waals surface area contributed by atoms with Gasteiger partial charge in [-0.2, -0.15) is 9.98 Å². The SMILES string of the molecule is Cc1cc(-n2c3ccccc3c3cc(N=C=O)ccc32)ccc1-c1ccc(-n2c3ccccc3c3cc(N=C=O)ccc32)cc1C. The molecule has 0 aliphatic rings. The third kappa shape index (κ3) is 4.21. The molecule has 46 heavy (non-hydrogen) atoms. The fraction of sp³-hybridized carbons (Fsp3) is 0.0500. The van der Waals surface area contributed by atoms with Crippen molar-refractivity contribution >= 4 is 67.1 Å². The summed E-state index contributed by atoms with van der Waals surface area (Å²) in [6.07, 6.45) is 3.31. The van der Waals surface area contributed by atoms with Crippen LogP contribution >= 0.6 is 0 Å². The zero-order chi connectivity index (χ0) is 31.4. The molecule has 2 aromatic heterocycles. The average molecular weight is 595 g/mol. The summed E-state index contributed by atoms with van der Waals surface area (Å²) in [6, 6.07) is 41.4. The molecule has 6 nitrogen and oxygen atoms in total. The van der Waals surface area contributed by atoms with E-state index < -0.39 is 0 Å². The Kier molecular flexibility index (Phi) is 6.33. The normalized spacial score (nSPS) is 11.3. The van der Waals surface area contributed by atoms with E-state index in [1.54, 1.807) is 12.2 Å². The van der Waals surface area contributed by atoms with Gasteiger partial charge in [0.2, 0.25) is 12.2 Å². The minimum Gasteiger partial charge on any atom is -0.309 e. The first kappa shape index (κ1) is 27.2. The maximum absolute atomic E-state index is 10.9. The Labute approximate surface area is 264 Å². The van der Waals surface area contributed by atoms with Crippen LogP contribution < -0.4 is 0 Å². The van der Waals surface area contributed by atoms with Crippen LogP contribution in [0.15, 0.2) is 131 Å². The Bertz CT molecular complexity index is 2450. The van der Waals surface area contributed by atoms with Gasteiger partial charge in [0, 0.05) is 32.9 Å². The first-order valence-corrected chi connectivity index (χ1v) is 15.0. The third-order valence-electron chi connectivity index (χ3n) is 8.89. The predicted molar refractivity (Wildman–Crippen MR) is 186 cm³/mol. The van der Waals surface area contributed by atoms with E-state index >= 15 is 0 Å². The number of hydrogen-bond acceptors (Lipinski definition) is 4. The summed E-state index contributed by atoms with van der Waals surface area (Å²) in [5, 5.41) is 4.29. The van der Waals surface area contributed by atoms with Crippen LogP contribution in [0.3, 0.4) is 0 Å². The number of carbonyl (C=O) groups excluding carboxylic acids is 2. The monoisotopic (exact) mass is 594 g/mol. The van der Waals surface area contributed by atoms with Gasteiger partial charge in [0.15, 0.2) is 0 Å². The molecule has 0 spiro atoms. The molecule has 6 aromatic carbocycles. The molecule has 0 atom stereocenters. The Morgan fingerprint density at radius 3 is 1.28 bits per heavy atom. The van der Waals surface area contributed by atoms with E-state index in [9.17, 15) is 9.59 Å². The van der Waals surface area contributed by atoms with Crippen molar-refractivity contribution in [3.05, 3.63) is 132 Å². The van der Waals surface area contributed by atoms with Gasteiger partial charge in [0.25, 0.3) is 0 Å². The van der Waals surface area contributed by atoms with E-state index in [2.05, 4.69) is 93.6 Å². The number of isocyanates is 2. The average Bonchev–Trinajstić information content (AvgIpc) is 3.58. The number of benzene rings is 6. The van der Waals surface area contributed by atoms with Gasteiger partial charge in [-0.25, -0.2) is 9.59 Å². The lowest BCUT2D eigenvalue weighted by molar-refractivity contribution is 0.564. The van der Waals surface area contributed by atoms with E-state index in [0.29, 0.717) is 11.4 Å². The quantitative estimate of drug-likeness (QED) is 0.147. The fourth-order valence-electron chi connectivity index (χ4n) is 6.90. The molecular weight excluding hydrogens is 568 g/mol. The summed E-state index contributed by atoms with van der Waals surface area (Å²) in [6.45, 7) is 4.31. The summed E-state index contributed by atoms with van der Waals surface area (Å²) in [5.41, 5.74) is 12.3. The molecule has 0 radical (unpaired) electrons. The summed E-state index contributed by atoms with van der Waals surface area (Å²) in [5.74, 6) is 0. The zero-order valence-electron chi connectivity index (χ0n) is 25.2. The molecule has 0 unspecified atom stereocenters. The second-order valence-corrected chi connectivity index (χ2v) is 11.5. The van der Waals surface area contributed by atoms with Gasteiger partial charge in [-0.05, 0) is 109 Å². The second-order valence-electron chi connectivity index (χ2n) is 11.5. The van der Waals surface area contributed by atoms with Gasteiger partial charge in [-0.3, -0.25) is 0 Å². The molecule has 0 aliphatic heterocycles. The molecule has 0 bridgehead atoms. The molecule has 8 aromatic rings. The van der Waals surface area contributed by atoms with Crippen LogP contribution in [0.1, 0.15) is 11.1 Å². The van der Waals surface area contributed by atoms with Crippen molar-refractivity contribution in [3.8, 4) is 22.5 Å². The molecule has 0 amide bonds. The third-order valence-corrected chi connectivity index (χ3v) is 8.89. The summed E-state index contributed by atoms with van der Waals surface area (Å²) < 4.78 is 4.53. The summed E-state index contributed by atoms with van der Waals surface area (Å²) >= 11 is 0. The first-order chi connectivity index (χ1) is 22.6. The zero-order valence-corrected chi connectivity index (χ0v) is 25.2. The number of aromatic nitrogens is 2. The minimum absolute atomic E-state index is 0.591. The molecule has 0 fully saturated rings. The molecule has 2 heterocycles. The standard InChI is InChI=1S/C40H26N4O2/c1-25-19-29(43-37-9-5-3-7-33(37)35-21-27(41-23-45)11-17-39(35)43)13-15-31(25)32-16-14-30(20-26(32)2)44-38-10-6-4-8-34(38)36-22-28(42-24-46)12-18-40(36)44/h3-22H,1-2H3. The van der Waals surface area contributed by atoms with E-state index in [1.807, 2.05) is 60.7 Å². The Balaban J connectivity index is 1.23. The van der Waals surface area contributed by atoms with Crippen LogP contribution in [0.25, 0.3) is 66.1 Å². The molecule has 0 N–H and O–H groups in total. The smallest absolute Gasteiger partial charge is 0.240 e. The highest BCUT2D eigenvalue weighted by Crippen LogP contribution is 2.38. The Morgan fingerprint density at radius 2 is 0.870 bits per heavy atom. The van der Waals surface area contributed by atoms with Crippen molar-refractivity contribution in [2.75, 3.05) is 0 Å². The number of para-hydroxylation sites is 2. The van der Waals surface area contributed by atoms with Crippen LogP contribution in [0.5, 0.6) is 0 Å². The van der Waals surface area contributed by atoms with Crippen molar-refractivity contribution in [3.63, 3.8) is 0 Å². The van der Waals surface area contributed by atoms with Crippen LogP contribution in [0.4, 0.5) is 11.4 Å². The van der Waals surface area contributed by atoms with Crippen LogP contribution in [-0.2, 0) is 9.59 Å². The van der Waals surface area contributed by atoms with Crippen LogP contribution in [-0.4, -0.2) is 21.3 Å². The molecule has 0 saturated carbocycles. The molecule has 0 saturated heterocycles. The Hall–Kier alpha value is -6.32. The summed E-state index contributed by atoms with van der Waals surface area (Å²) in [7, 11) is 0. The van der Waals surface area contributed by atoms with Crippen molar-refractivity contribution < 1.29 is 9.59 Å². The van der Waals surface area contributed by atoms with Crippen LogP contribution in [0, 0.1) is 13.8 Å². The van der Waals surface area contributed by atoms with E-state index in [-0.39, 0.29) is 0 Å². The largest absolute Gasteiger partial charge is 0.309 e. The van der Waals surface area contributed by atoms with Gasteiger partial charge in [-0.1, -0.05) is 48.5 Å². The van der Waals surface area contributed by atoms with Crippen molar-refractivity contribution in [2.24, 2.45) is 9.98 Å². The lowest BCUT2D eigenvalue weighted by atomic mass is 9.95. The number of aryl methyl sites for hydroxylation is 2. The highest BCUT2D eigenvalue weighted by Gasteiger charge is 2.16. The topological polar surface area (TPSA) is 68.7 Å². The lowest BCUT2D eigenvalue weighted by Gasteiger charge is -2.15. The Morgan fingerprint density at radius 1 is 0.457 bits per heavy atom. The van der Waals surface area contributed by atoms with Gasteiger partial charge >= 0.3 is 0 Å². The molecular formula is C40H26N4O2. The number of hydrogen-bond donors (Lipinski definition) is 0. The number of aliphatic imine (C=N–C) groups is 2. The van der Waals surface area contributed by atoms with Gasteiger partial charge in [0.05, 0.1) is 33.4 Å². The first-order valence-electron chi connectivity index (χ1n) is 15.0. The molecule has 218 valence electrons. The summed E-state index contributed by atoms with van der Waals surface area (Å²) in [4.78, 5) is 29.5. The highest BCUT2D eigenvalue weighted by atomic mass is 16.1. The van der Waals surface area contributed by atoms with Gasteiger partial charge in [0.1, 0.15) is 0 Å². The van der Waals surface area contributed by atoms with Gasteiger partial charge < -0.3 is 9.13 Å². The molecule has 8 rings (SSSR count). The predicted octanol–water partition coefficient (Wildman–Crippen LogP) is 10.1. The number of rotatable bonds is 5. The highest BCUT2D eigenvalue weighted by molar-refractivity contribution is 6.11. The number of fused-ring (bicyclic) bond motifs is 6. The van der Waals surface area contributed by atoms with E-state index in [1.165, 1.54) is 22.3 Å². The van der Waals surface area contributed by atoms with E-state index in [4.69, 9.17) is 0 Å². The maximum Gasteiger partial charge on any atom is 0.240 e. The molecule has 0 aliphatic carbocycles. The minimum atomic E-state index is 0.591. The van der Waals surface area contributed by atoms with E-state index in [0.717, 1.165) is 55.0 Å².